The molecule has 3 rings (SSSR count). The Kier molecular flexibility index (Phi) is 6.38. The maximum atomic E-state index is 12.2. The van der Waals surface area contributed by atoms with Crippen LogP contribution in [0.4, 0.5) is 11.5 Å². The van der Waals surface area contributed by atoms with Gasteiger partial charge in [-0.25, -0.2) is 9.97 Å². The third kappa shape index (κ3) is 5.14. The van der Waals surface area contributed by atoms with E-state index in [2.05, 4.69) is 25.5 Å². The summed E-state index contributed by atoms with van der Waals surface area (Å²) < 4.78 is 5.30. The van der Waals surface area contributed by atoms with Crippen molar-refractivity contribution in [2.24, 2.45) is 0 Å². The van der Waals surface area contributed by atoms with Crippen molar-refractivity contribution in [3.63, 3.8) is 0 Å². The molecule has 1 aromatic heterocycles. The number of morpholine rings is 1. The van der Waals surface area contributed by atoms with Crippen molar-refractivity contribution >= 4 is 29.0 Å². The number of nitrogens with one attached hydrogen (secondary N) is 2. The molecule has 0 unspecified atom stereocenters. The summed E-state index contributed by atoms with van der Waals surface area (Å²) in [6.07, 6.45) is 3.00. The molecule has 1 aromatic carbocycles. The summed E-state index contributed by atoms with van der Waals surface area (Å²) in [5, 5.41) is 6.67. The zero-order valence-corrected chi connectivity index (χ0v) is 15.4. The topological polar surface area (TPSA) is 79.4 Å². The second-order valence-electron chi connectivity index (χ2n) is 6.08. The third-order valence-electron chi connectivity index (χ3n) is 4.16. The van der Waals surface area contributed by atoms with Gasteiger partial charge in [0.2, 0.25) is 0 Å². The number of carbonyl (C=O) groups is 1. The molecule has 7 nitrogen and oxygen atoms in total. The fraction of sp³-hybridized carbons (Fsp3) is 0.389. The number of rotatable bonds is 6. The first-order valence-corrected chi connectivity index (χ1v) is 8.93. The predicted octanol–water partition coefficient (Wildman–Crippen LogP) is 2.24. The lowest BCUT2D eigenvalue weighted by molar-refractivity contribution is 0.0383. The van der Waals surface area contributed by atoms with Gasteiger partial charge in [-0.15, -0.1) is 0 Å². The van der Waals surface area contributed by atoms with E-state index in [0.29, 0.717) is 23.1 Å². The van der Waals surface area contributed by atoms with Crippen LogP contribution < -0.4 is 10.6 Å². The molecule has 26 heavy (non-hydrogen) atoms. The number of nitrogens with zero attached hydrogens (tertiary/aromatic N) is 3. The molecule has 2 heterocycles. The Labute approximate surface area is 157 Å². The third-order valence-corrected chi connectivity index (χ3v) is 4.40. The largest absolute Gasteiger partial charge is 0.379 e. The average Bonchev–Trinajstić information content (AvgIpc) is 2.66. The molecule has 0 spiro atoms. The quantitative estimate of drug-likeness (QED) is 0.806. The zero-order chi connectivity index (χ0) is 18.4. The monoisotopic (exact) mass is 375 g/mol. The molecule has 1 fully saturated rings. The number of aryl methyl sites for hydroxylation is 1. The molecule has 0 saturated carbocycles. The van der Waals surface area contributed by atoms with Crippen molar-refractivity contribution < 1.29 is 9.53 Å². The van der Waals surface area contributed by atoms with Gasteiger partial charge in [0, 0.05) is 36.9 Å². The van der Waals surface area contributed by atoms with Gasteiger partial charge in [-0.05, 0) is 24.6 Å². The number of hydrogen-bond donors (Lipinski definition) is 2. The number of hydrogen-bond acceptors (Lipinski definition) is 6. The Morgan fingerprint density at radius 2 is 2.08 bits per heavy atom. The van der Waals surface area contributed by atoms with E-state index >= 15 is 0 Å². The van der Waals surface area contributed by atoms with E-state index in [0.717, 1.165) is 44.1 Å². The van der Waals surface area contributed by atoms with E-state index < -0.39 is 0 Å². The van der Waals surface area contributed by atoms with Crippen molar-refractivity contribution in [3.05, 3.63) is 46.9 Å². The molecular formula is C18H22ClN5O2. The van der Waals surface area contributed by atoms with Gasteiger partial charge < -0.3 is 15.4 Å². The summed E-state index contributed by atoms with van der Waals surface area (Å²) in [4.78, 5) is 22.9. The maximum Gasteiger partial charge on any atom is 0.271 e. The molecule has 0 aliphatic carbocycles. The smallest absolute Gasteiger partial charge is 0.271 e. The van der Waals surface area contributed by atoms with Crippen molar-refractivity contribution in [1.82, 2.24) is 20.2 Å². The fourth-order valence-corrected chi connectivity index (χ4v) is 2.79. The van der Waals surface area contributed by atoms with Gasteiger partial charge in [-0.1, -0.05) is 17.7 Å². The van der Waals surface area contributed by atoms with Gasteiger partial charge in [0.05, 0.1) is 25.6 Å². The van der Waals surface area contributed by atoms with Gasteiger partial charge in [0.1, 0.15) is 11.5 Å². The van der Waals surface area contributed by atoms with Gasteiger partial charge >= 0.3 is 0 Å². The van der Waals surface area contributed by atoms with Crippen LogP contribution in [0.15, 0.2) is 30.6 Å². The molecule has 138 valence electrons. The van der Waals surface area contributed by atoms with Gasteiger partial charge in [-0.2, -0.15) is 0 Å². The summed E-state index contributed by atoms with van der Waals surface area (Å²) in [5.41, 5.74) is 2.19. The minimum atomic E-state index is -0.226. The van der Waals surface area contributed by atoms with Gasteiger partial charge in [0.15, 0.2) is 0 Å². The minimum Gasteiger partial charge on any atom is -0.379 e. The normalized spacial score (nSPS) is 14.8. The molecule has 2 aromatic rings. The molecule has 1 aliphatic heterocycles. The highest BCUT2D eigenvalue weighted by atomic mass is 35.5. The molecule has 0 bridgehead atoms. The van der Waals surface area contributed by atoms with Crippen LogP contribution in [0.2, 0.25) is 5.02 Å². The molecule has 2 N–H and O–H groups in total. The first-order chi connectivity index (χ1) is 12.6. The first-order valence-electron chi connectivity index (χ1n) is 8.55. The molecule has 1 aliphatic rings. The van der Waals surface area contributed by atoms with Crippen molar-refractivity contribution in [1.29, 1.82) is 0 Å². The second-order valence-corrected chi connectivity index (χ2v) is 6.52. The van der Waals surface area contributed by atoms with Gasteiger partial charge in [0.25, 0.3) is 5.91 Å². The number of ether oxygens (including phenoxy) is 1. The Hall–Kier alpha value is -2.22. The van der Waals surface area contributed by atoms with E-state index in [-0.39, 0.29) is 5.91 Å². The van der Waals surface area contributed by atoms with Crippen LogP contribution >= 0.6 is 11.6 Å². The van der Waals surface area contributed by atoms with Crippen molar-refractivity contribution in [2.45, 2.75) is 6.92 Å². The van der Waals surface area contributed by atoms with Crippen LogP contribution in [-0.2, 0) is 4.74 Å². The minimum absolute atomic E-state index is 0.226. The first kappa shape index (κ1) is 18.6. The number of aromatic nitrogens is 2. The van der Waals surface area contributed by atoms with E-state index in [1.165, 1.54) is 12.4 Å². The summed E-state index contributed by atoms with van der Waals surface area (Å²) >= 11 is 6.02. The zero-order valence-electron chi connectivity index (χ0n) is 14.7. The highest BCUT2D eigenvalue weighted by Gasteiger charge is 2.12. The van der Waals surface area contributed by atoms with E-state index in [1.54, 1.807) is 0 Å². The number of carbonyl (C=O) groups excluding carboxylic acids is 1. The van der Waals surface area contributed by atoms with Crippen LogP contribution in [0.5, 0.6) is 0 Å². The van der Waals surface area contributed by atoms with E-state index in [9.17, 15) is 4.79 Å². The summed E-state index contributed by atoms with van der Waals surface area (Å²) in [6, 6.07) is 5.58. The molecule has 0 radical (unpaired) electrons. The van der Waals surface area contributed by atoms with Crippen LogP contribution in [-0.4, -0.2) is 60.2 Å². The predicted molar refractivity (Wildman–Crippen MR) is 101 cm³/mol. The summed E-state index contributed by atoms with van der Waals surface area (Å²) in [7, 11) is 0. The standard InChI is InChI=1S/C18H22ClN5O2/c1-13-2-3-14(19)10-15(13)23-17-12-21-16(11-22-17)18(25)20-4-5-24-6-8-26-9-7-24/h2-3,10-12H,4-9H2,1H3,(H,20,25)(H,22,23). The van der Waals surface area contributed by atoms with Crippen LogP contribution in [0.3, 0.4) is 0 Å². The maximum absolute atomic E-state index is 12.2. The molecule has 1 amide bonds. The van der Waals surface area contributed by atoms with Crippen LogP contribution in [0.25, 0.3) is 0 Å². The molecule has 8 heteroatoms. The Morgan fingerprint density at radius 3 is 2.81 bits per heavy atom. The Balaban J connectivity index is 1.51. The van der Waals surface area contributed by atoms with Crippen molar-refractivity contribution in [2.75, 3.05) is 44.7 Å². The van der Waals surface area contributed by atoms with Crippen molar-refractivity contribution in [3.8, 4) is 0 Å². The Morgan fingerprint density at radius 1 is 1.27 bits per heavy atom. The second kappa shape index (κ2) is 8.93. The number of amides is 1. The van der Waals surface area contributed by atoms with Crippen LogP contribution in [0, 0.1) is 6.92 Å². The average molecular weight is 376 g/mol. The highest BCUT2D eigenvalue weighted by molar-refractivity contribution is 6.30. The summed E-state index contributed by atoms with van der Waals surface area (Å²) in [6.45, 7) is 6.65. The number of benzene rings is 1. The lowest BCUT2D eigenvalue weighted by Gasteiger charge is -2.26. The van der Waals surface area contributed by atoms with Gasteiger partial charge in [-0.3, -0.25) is 9.69 Å². The molecular weight excluding hydrogens is 354 g/mol. The molecule has 0 atom stereocenters. The summed E-state index contributed by atoms with van der Waals surface area (Å²) in [5.74, 6) is 0.330. The number of halogens is 1. The SMILES string of the molecule is Cc1ccc(Cl)cc1Nc1cnc(C(=O)NCCN2CCOCC2)cn1. The lowest BCUT2D eigenvalue weighted by Crippen LogP contribution is -2.41. The van der Waals surface area contributed by atoms with E-state index in [1.807, 2.05) is 25.1 Å². The number of anilines is 2. The lowest BCUT2D eigenvalue weighted by atomic mass is 10.2. The van der Waals surface area contributed by atoms with Crippen LogP contribution in [0.1, 0.15) is 16.1 Å². The van der Waals surface area contributed by atoms with E-state index in [4.69, 9.17) is 16.3 Å². The Bertz CT molecular complexity index is 748. The fourth-order valence-electron chi connectivity index (χ4n) is 2.62. The molecule has 1 saturated heterocycles. The highest BCUT2D eigenvalue weighted by Crippen LogP contribution is 2.22.